The number of hydrogen-bond donors (Lipinski definition) is 2. The molecule has 0 fully saturated rings. The van der Waals surface area contributed by atoms with Crippen LogP contribution in [0.25, 0.3) is 0 Å². The predicted octanol–water partition coefficient (Wildman–Crippen LogP) is 2.90. The van der Waals surface area contributed by atoms with E-state index >= 15 is 0 Å². The molecule has 214 valence electrons. The van der Waals surface area contributed by atoms with Crippen LogP contribution < -0.4 is 10.6 Å². The third-order valence-electron chi connectivity index (χ3n) is 5.93. The van der Waals surface area contributed by atoms with Gasteiger partial charge in [0.05, 0.1) is 19.3 Å². The highest BCUT2D eigenvalue weighted by atomic mass is 16.5. The van der Waals surface area contributed by atoms with E-state index in [2.05, 4.69) is 18.2 Å². The molecule has 10 nitrogen and oxygen atoms in total. The topological polar surface area (TPSA) is 121 Å². The molecule has 0 saturated heterocycles. The average molecular weight is 550 g/mol. The largest absolute Gasteiger partial charge is 0.496 e. The lowest BCUT2D eigenvalue weighted by atomic mass is 10.0. The summed E-state index contributed by atoms with van der Waals surface area (Å²) in [6.45, 7) is 11.8. The number of carbonyl (C=O) groups excluding carboxylic acids is 2. The SMILES string of the molecule is C=C(C(=O)N(N)/C(=N\CN(C=O)Cc1ccccc1)c1cc(C)c(OCCO)c(C)c1)/C(=C\C(=C)N(C)C)OC. The molecule has 10 heteroatoms. The van der Waals surface area contributed by atoms with Crippen LogP contribution in [0, 0.1) is 13.8 Å². The van der Waals surface area contributed by atoms with Gasteiger partial charge in [-0.05, 0) is 42.7 Å². The Morgan fingerprint density at radius 2 is 1.75 bits per heavy atom. The summed E-state index contributed by atoms with van der Waals surface area (Å²) >= 11 is 0. The number of allylic oxidation sites excluding steroid dienone is 1. The number of hydrogen-bond acceptors (Lipinski definition) is 8. The number of amides is 2. The number of benzene rings is 2. The van der Waals surface area contributed by atoms with Crippen LogP contribution >= 0.6 is 0 Å². The molecule has 0 aromatic heterocycles. The van der Waals surface area contributed by atoms with Crippen molar-refractivity contribution in [3.8, 4) is 5.75 Å². The first kappa shape index (κ1) is 31.8. The van der Waals surface area contributed by atoms with Gasteiger partial charge in [0.25, 0.3) is 5.91 Å². The molecule has 2 aromatic carbocycles. The van der Waals surface area contributed by atoms with Gasteiger partial charge in [-0.3, -0.25) is 9.59 Å². The summed E-state index contributed by atoms with van der Waals surface area (Å²) in [5, 5.41) is 10.1. The van der Waals surface area contributed by atoms with Crippen LogP contribution in [0.4, 0.5) is 0 Å². The first-order valence-corrected chi connectivity index (χ1v) is 12.6. The molecule has 0 aliphatic heterocycles. The zero-order valence-corrected chi connectivity index (χ0v) is 23.9. The highest BCUT2D eigenvalue weighted by molar-refractivity contribution is 6.13. The van der Waals surface area contributed by atoms with Crippen molar-refractivity contribution < 1.29 is 24.2 Å². The van der Waals surface area contributed by atoms with E-state index < -0.39 is 5.91 Å². The molecule has 40 heavy (non-hydrogen) atoms. The van der Waals surface area contributed by atoms with Gasteiger partial charge >= 0.3 is 0 Å². The Hall–Kier alpha value is -4.41. The molecule has 0 bridgehead atoms. The van der Waals surface area contributed by atoms with Crippen molar-refractivity contribution in [3.05, 3.63) is 101 Å². The summed E-state index contributed by atoms with van der Waals surface area (Å²) in [5.41, 5.74) is 3.55. The molecule has 2 amide bonds. The lowest BCUT2D eigenvalue weighted by Gasteiger charge is -2.24. The number of nitrogens with zero attached hydrogens (tertiary/aromatic N) is 4. The van der Waals surface area contributed by atoms with Gasteiger partial charge in [-0.15, -0.1) is 0 Å². The second-order valence-electron chi connectivity index (χ2n) is 9.22. The van der Waals surface area contributed by atoms with Crippen molar-refractivity contribution in [2.75, 3.05) is 41.1 Å². The number of aryl methyl sites for hydroxylation is 2. The van der Waals surface area contributed by atoms with Crippen LogP contribution in [0.3, 0.4) is 0 Å². The van der Waals surface area contributed by atoms with E-state index in [0.29, 0.717) is 30.0 Å². The number of ether oxygens (including phenoxy) is 2. The van der Waals surface area contributed by atoms with Gasteiger partial charge in [-0.2, -0.15) is 0 Å². The minimum absolute atomic E-state index is 0.00595. The Morgan fingerprint density at radius 1 is 1.12 bits per heavy atom. The number of likely N-dealkylation sites (N-methyl/N-ethyl adjacent to an activating group) is 1. The highest BCUT2D eigenvalue weighted by Gasteiger charge is 2.25. The summed E-state index contributed by atoms with van der Waals surface area (Å²) in [5.74, 6) is 6.65. The number of aliphatic hydroxyl groups excluding tert-OH is 1. The fourth-order valence-electron chi connectivity index (χ4n) is 3.75. The molecule has 0 unspecified atom stereocenters. The second-order valence-corrected chi connectivity index (χ2v) is 9.22. The van der Waals surface area contributed by atoms with Crippen LogP contribution in [-0.2, 0) is 20.9 Å². The van der Waals surface area contributed by atoms with Crippen LogP contribution in [-0.4, -0.2) is 79.2 Å². The molecule has 0 aliphatic rings. The lowest BCUT2D eigenvalue weighted by molar-refractivity contribution is -0.123. The summed E-state index contributed by atoms with van der Waals surface area (Å²) in [6.07, 6.45) is 2.27. The van der Waals surface area contributed by atoms with Crippen molar-refractivity contribution in [1.82, 2.24) is 14.8 Å². The van der Waals surface area contributed by atoms with Crippen molar-refractivity contribution >= 4 is 18.2 Å². The minimum atomic E-state index is -0.657. The van der Waals surface area contributed by atoms with Gasteiger partial charge < -0.3 is 24.4 Å². The summed E-state index contributed by atoms with van der Waals surface area (Å²) in [6, 6.07) is 13.0. The van der Waals surface area contributed by atoms with Crippen LogP contribution in [0.5, 0.6) is 5.75 Å². The highest BCUT2D eigenvalue weighted by Crippen LogP contribution is 2.26. The molecule has 0 atom stereocenters. The van der Waals surface area contributed by atoms with E-state index in [0.717, 1.165) is 21.7 Å². The Kier molecular flexibility index (Phi) is 12.1. The maximum absolute atomic E-state index is 13.5. The molecule has 0 saturated carbocycles. The number of rotatable bonds is 14. The third kappa shape index (κ3) is 8.55. The predicted molar refractivity (Wildman–Crippen MR) is 156 cm³/mol. The van der Waals surface area contributed by atoms with E-state index in [1.165, 1.54) is 12.0 Å². The fourth-order valence-corrected chi connectivity index (χ4v) is 3.75. The zero-order chi connectivity index (χ0) is 29.8. The van der Waals surface area contributed by atoms with Gasteiger partial charge in [-0.1, -0.05) is 43.5 Å². The number of aliphatic hydroxyl groups is 1. The monoisotopic (exact) mass is 549 g/mol. The van der Waals surface area contributed by atoms with Crippen LogP contribution in [0.15, 0.2) is 83.7 Å². The van der Waals surface area contributed by atoms with E-state index in [-0.39, 0.29) is 37.1 Å². The molecule has 0 heterocycles. The quantitative estimate of drug-likeness (QED) is 0.0428. The van der Waals surface area contributed by atoms with E-state index in [9.17, 15) is 14.7 Å². The van der Waals surface area contributed by atoms with Gasteiger partial charge in [0.1, 0.15) is 24.8 Å². The first-order valence-electron chi connectivity index (χ1n) is 12.6. The van der Waals surface area contributed by atoms with Crippen molar-refractivity contribution in [2.24, 2.45) is 10.8 Å². The molecule has 3 N–H and O–H groups in total. The smallest absolute Gasteiger partial charge is 0.276 e. The summed E-state index contributed by atoms with van der Waals surface area (Å²) in [4.78, 5) is 33.2. The zero-order valence-electron chi connectivity index (χ0n) is 23.9. The van der Waals surface area contributed by atoms with Gasteiger partial charge in [0.15, 0.2) is 5.84 Å². The van der Waals surface area contributed by atoms with Gasteiger partial charge in [0, 0.05) is 38.0 Å². The summed E-state index contributed by atoms with van der Waals surface area (Å²) < 4.78 is 11.1. The number of hydrazine groups is 1. The Balaban J connectivity index is 2.51. The number of amidine groups is 1. The molecule has 0 radical (unpaired) electrons. The minimum Gasteiger partial charge on any atom is -0.496 e. The number of nitrogens with two attached hydrogens (primary N) is 1. The van der Waals surface area contributed by atoms with E-state index in [1.54, 1.807) is 23.1 Å². The van der Waals surface area contributed by atoms with Crippen molar-refractivity contribution in [1.29, 1.82) is 0 Å². The Morgan fingerprint density at radius 3 is 2.27 bits per heavy atom. The molecule has 0 spiro atoms. The second kappa shape index (κ2) is 15.2. The normalized spacial score (nSPS) is 11.5. The number of carbonyl (C=O) groups is 2. The lowest BCUT2D eigenvalue weighted by Crippen LogP contribution is -2.44. The van der Waals surface area contributed by atoms with Gasteiger partial charge in [0.2, 0.25) is 6.41 Å². The molecule has 2 aromatic rings. The van der Waals surface area contributed by atoms with Crippen molar-refractivity contribution in [2.45, 2.75) is 20.4 Å². The first-order chi connectivity index (χ1) is 19.0. The summed E-state index contributed by atoms with van der Waals surface area (Å²) in [7, 11) is 5.04. The average Bonchev–Trinajstić information content (AvgIpc) is 2.94. The maximum atomic E-state index is 13.5. The fraction of sp³-hybridized carbons (Fsp3) is 0.300. The molecular formula is C30H39N5O5. The van der Waals surface area contributed by atoms with Crippen LogP contribution in [0.1, 0.15) is 22.3 Å². The molecular weight excluding hydrogens is 510 g/mol. The Bertz CT molecular complexity index is 1250. The van der Waals surface area contributed by atoms with Crippen LogP contribution in [0.2, 0.25) is 0 Å². The number of methoxy groups -OCH3 is 1. The standard InChI is InChI=1S/C30H39N5O5/c1-21-15-26(16-22(2)28(21)40-14-13-36)29(32-19-34(20-37)18-25-11-9-8-10-12-25)35(31)30(38)24(4)27(39-7)17-23(3)33(5)6/h8-12,15-17,20,36H,3-4,13-14,18-19,31H2,1-2,5-7H3/b27-17+,32-29-. The molecule has 0 aliphatic carbocycles. The van der Waals surface area contributed by atoms with E-state index in [1.807, 2.05) is 58.3 Å². The third-order valence-corrected chi connectivity index (χ3v) is 5.93. The van der Waals surface area contributed by atoms with E-state index in [4.69, 9.17) is 15.3 Å². The molecule has 2 rings (SSSR count). The Labute approximate surface area is 236 Å². The maximum Gasteiger partial charge on any atom is 0.276 e. The van der Waals surface area contributed by atoms with Crippen molar-refractivity contribution in [3.63, 3.8) is 0 Å². The van der Waals surface area contributed by atoms with Gasteiger partial charge in [-0.25, -0.2) is 15.8 Å². The number of aliphatic imine (C=N–C) groups is 1.